The van der Waals surface area contributed by atoms with Gasteiger partial charge in [0.15, 0.2) is 0 Å². The van der Waals surface area contributed by atoms with Crippen LogP contribution in [0.5, 0.6) is 0 Å². The molecule has 2 fully saturated rings. The first kappa shape index (κ1) is 18.2. The van der Waals surface area contributed by atoms with Gasteiger partial charge in [-0.15, -0.1) is 0 Å². The van der Waals surface area contributed by atoms with E-state index in [-0.39, 0.29) is 24.0 Å². The molecular weight excluding hydrogens is 333 g/mol. The predicted octanol–water partition coefficient (Wildman–Crippen LogP) is 2.48. The van der Waals surface area contributed by atoms with Gasteiger partial charge < -0.3 is 14.9 Å². The summed E-state index contributed by atoms with van der Waals surface area (Å²) in [6, 6.07) is 4.55. The van der Waals surface area contributed by atoms with Crippen LogP contribution in [0.3, 0.4) is 0 Å². The Labute approximate surface area is 145 Å². The fraction of sp³-hybridized carbons (Fsp3) is 0.611. The lowest BCUT2D eigenvalue weighted by Gasteiger charge is -2.23. The number of hydrogen-bond donors (Lipinski definition) is 1. The molecule has 0 unspecified atom stereocenters. The average molecular weight is 356 g/mol. The van der Waals surface area contributed by atoms with E-state index < -0.39 is 17.6 Å². The Hall–Kier alpha value is -1.60. The van der Waals surface area contributed by atoms with Crippen molar-refractivity contribution in [1.82, 2.24) is 9.80 Å². The van der Waals surface area contributed by atoms with E-state index in [2.05, 4.69) is 4.90 Å². The molecule has 2 heterocycles. The van der Waals surface area contributed by atoms with Crippen molar-refractivity contribution < 1.29 is 23.1 Å². The van der Waals surface area contributed by atoms with E-state index in [1.807, 2.05) is 0 Å². The minimum atomic E-state index is -4.47. The number of aliphatic hydroxyl groups is 1. The van der Waals surface area contributed by atoms with Crippen molar-refractivity contribution in [2.75, 3.05) is 39.3 Å². The molecule has 2 saturated heterocycles. The molecule has 0 saturated carbocycles. The monoisotopic (exact) mass is 356 g/mol. The molecule has 138 valence electrons. The molecule has 1 amide bonds. The Balaban J connectivity index is 1.70. The number of hydrogen-bond acceptors (Lipinski definition) is 3. The Morgan fingerprint density at radius 2 is 1.84 bits per heavy atom. The van der Waals surface area contributed by atoms with Gasteiger partial charge in [-0.1, -0.05) is 6.07 Å². The van der Waals surface area contributed by atoms with Crippen LogP contribution in [-0.2, 0) is 6.18 Å². The molecular formula is C18H23F3N2O2. The fourth-order valence-corrected chi connectivity index (χ4v) is 3.83. The molecule has 25 heavy (non-hydrogen) atoms. The normalized spacial score (nSPS) is 24.9. The highest BCUT2D eigenvalue weighted by molar-refractivity contribution is 5.94. The maximum Gasteiger partial charge on any atom is 0.416 e. The SMILES string of the molecule is O=C(c1cccc(C(F)(F)F)c1)N1C[C@@H](CO)[C@@H](CN2CCCC2)C1. The summed E-state index contributed by atoms with van der Waals surface area (Å²) < 4.78 is 38.6. The zero-order valence-electron chi connectivity index (χ0n) is 14.0. The highest BCUT2D eigenvalue weighted by atomic mass is 19.4. The molecule has 0 radical (unpaired) electrons. The van der Waals surface area contributed by atoms with Crippen LogP contribution in [0.15, 0.2) is 24.3 Å². The highest BCUT2D eigenvalue weighted by Crippen LogP contribution is 2.31. The van der Waals surface area contributed by atoms with Crippen LogP contribution in [0.25, 0.3) is 0 Å². The van der Waals surface area contributed by atoms with E-state index in [0.717, 1.165) is 31.8 Å². The summed E-state index contributed by atoms with van der Waals surface area (Å²) in [4.78, 5) is 16.6. The van der Waals surface area contributed by atoms with Crippen LogP contribution >= 0.6 is 0 Å². The van der Waals surface area contributed by atoms with Gasteiger partial charge in [0.05, 0.1) is 5.56 Å². The van der Waals surface area contributed by atoms with Crippen LogP contribution in [0.2, 0.25) is 0 Å². The minimum Gasteiger partial charge on any atom is -0.396 e. The molecule has 0 aliphatic carbocycles. The van der Waals surface area contributed by atoms with Crippen LogP contribution in [-0.4, -0.2) is 60.1 Å². The van der Waals surface area contributed by atoms with Gasteiger partial charge in [-0.25, -0.2) is 0 Å². The van der Waals surface area contributed by atoms with E-state index in [4.69, 9.17) is 0 Å². The average Bonchev–Trinajstić information content (AvgIpc) is 3.23. The highest BCUT2D eigenvalue weighted by Gasteiger charge is 2.37. The number of likely N-dealkylation sites (tertiary alicyclic amines) is 2. The van der Waals surface area contributed by atoms with Crippen molar-refractivity contribution in [3.8, 4) is 0 Å². The van der Waals surface area contributed by atoms with Crippen molar-refractivity contribution in [3.63, 3.8) is 0 Å². The molecule has 3 rings (SSSR count). The number of amides is 1. The van der Waals surface area contributed by atoms with E-state index in [1.165, 1.54) is 25.0 Å². The number of nitrogens with zero attached hydrogens (tertiary/aromatic N) is 2. The maximum atomic E-state index is 12.9. The maximum absolute atomic E-state index is 12.9. The third kappa shape index (κ3) is 4.15. The van der Waals surface area contributed by atoms with Gasteiger partial charge in [0.1, 0.15) is 0 Å². The summed E-state index contributed by atoms with van der Waals surface area (Å²) in [5.41, 5.74) is -0.766. The van der Waals surface area contributed by atoms with Crippen LogP contribution in [0.1, 0.15) is 28.8 Å². The topological polar surface area (TPSA) is 43.8 Å². The smallest absolute Gasteiger partial charge is 0.396 e. The molecule has 2 aliphatic rings. The summed E-state index contributed by atoms with van der Waals surface area (Å²) in [5, 5.41) is 9.63. The number of rotatable bonds is 4. The van der Waals surface area contributed by atoms with Crippen molar-refractivity contribution in [3.05, 3.63) is 35.4 Å². The number of halogens is 3. The van der Waals surface area contributed by atoms with Gasteiger partial charge in [0.2, 0.25) is 0 Å². The Kier molecular flexibility index (Phi) is 5.34. The molecule has 1 N–H and O–H groups in total. The lowest BCUT2D eigenvalue weighted by atomic mass is 9.96. The first-order valence-electron chi connectivity index (χ1n) is 8.68. The van der Waals surface area contributed by atoms with Gasteiger partial charge in [-0.3, -0.25) is 4.79 Å². The summed E-state index contributed by atoms with van der Waals surface area (Å²) >= 11 is 0. The van der Waals surface area contributed by atoms with Crippen LogP contribution < -0.4 is 0 Å². The summed E-state index contributed by atoms with van der Waals surface area (Å²) in [6.07, 6.45) is -2.12. The molecule has 4 nitrogen and oxygen atoms in total. The zero-order valence-corrected chi connectivity index (χ0v) is 14.0. The number of carbonyl (C=O) groups is 1. The minimum absolute atomic E-state index is 0.00905. The van der Waals surface area contributed by atoms with Crippen molar-refractivity contribution in [2.45, 2.75) is 19.0 Å². The Morgan fingerprint density at radius 1 is 1.16 bits per heavy atom. The Morgan fingerprint density at radius 3 is 2.48 bits per heavy atom. The second-order valence-electron chi connectivity index (χ2n) is 7.00. The third-order valence-electron chi connectivity index (χ3n) is 5.23. The van der Waals surface area contributed by atoms with E-state index in [0.29, 0.717) is 13.1 Å². The number of aliphatic hydroxyl groups excluding tert-OH is 1. The van der Waals surface area contributed by atoms with E-state index >= 15 is 0 Å². The van der Waals surface area contributed by atoms with Gasteiger partial charge in [-0.05, 0) is 50.0 Å². The largest absolute Gasteiger partial charge is 0.416 e. The fourth-order valence-electron chi connectivity index (χ4n) is 3.83. The number of alkyl halides is 3. The third-order valence-corrected chi connectivity index (χ3v) is 5.23. The molecule has 7 heteroatoms. The second kappa shape index (κ2) is 7.33. The molecule has 1 aromatic rings. The Bertz CT molecular complexity index is 615. The van der Waals surface area contributed by atoms with Gasteiger partial charge in [0.25, 0.3) is 5.91 Å². The molecule has 1 aromatic carbocycles. The number of carbonyl (C=O) groups excluding carboxylic acids is 1. The van der Waals surface area contributed by atoms with Gasteiger partial charge in [-0.2, -0.15) is 13.2 Å². The molecule has 0 spiro atoms. The molecule has 0 aromatic heterocycles. The second-order valence-corrected chi connectivity index (χ2v) is 7.00. The van der Waals surface area contributed by atoms with Gasteiger partial charge in [0, 0.05) is 37.7 Å². The lowest BCUT2D eigenvalue weighted by molar-refractivity contribution is -0.137. The molecule has 2 atom stereocenters. The summed E-state index contributed by atoms with van der Waals surface area (Å²) in [6.45, 7) is 3.77. The van der Waals surface area contributed by atoms with Crippen molar-refractivity contribution in [1.29, 1.82) is 0 Å². The standard InChI is InChI=1S/C18H23F3N2O2/c19-18(20,21)16-5-3-4-13(8-16)17(25)23-10-14(15(11-23)12-24)9-22-6-1-2-7-22/h3-5,8,14-15,24H,1-2,6-7,9-12H2/t14-,15-/m0/s1. The van der Waals surface area contributed by atoms with E-state index in [9.17, 15) is 23.1 Å². The van der Waals surface area contributed by atoms with Crippen molar-refractivity contribution in [2.24, 2.45) is 11.8 Å². The van der Waals surface area contributed by atoms with E-state index in [1.54, 1.807) is 4.90 Å². The van der Waals surface area contributed by atoms with Crippen LogP contribution in [0, 0.1) is 11.8 Å². The van der Waals surface area contributed by atoms with Crippen LogP contribution in [0.4, 0.5) is 13.2 Å². The molecule has 2 aliphatic heterocycles. The summed E-state index contributed by atoms with van der Waals surface area (Å²) in [7, 11) is 0. The number of benzene rings is 1. The quantitative estimate of drug-likeness (QED) is 0.901. The van der Waals surface area contributed by atoms with Crippen molar-refractivity contribution >= 4 is 5.91 Å². The zero-order chi connectivity index (χ0) is 18.0. The van der Waals surface area contributed by atoms with Gasteiger partial charge >= 0.3 is 6.18 Å². The first-order valence-corrected chi connectivity index (χ1v) is 8.68. The summed E-state index contributed by atoms with van der Waals surface area (Å²) in [5.74, 6) is -0.248. The first-order chi connectivity index (χ1) is 11.9. The molecule has 0 bridgehead atoms. The predicted molar refractivity (Wildman–Crippen MR) is 87.1 cm³/mol. The lowest BCUT2D eigenvalue weighted by Crippen LogP contribution is -2.32.